The highest BCUT2D eigenvalue weighted by molar-refractivity contribution is 7.88. The van der Waals surface area contributed by atoms with Crippen molar-refractivity contribution in [3.8, 4) is 0 Å². The maximum Gasteiger partial charge on any atom is 0.218 e. The first kappa shape index (κ1) is 19.7. The maximum atomic E-state index is 13.4. The molecule has 0 radical (unpaired) electrons. The Morgan fingerprint density at radius 3 is 2.50 bits per heavy atom. The van der Waals surface area contributed by atoms with Gasteiger partial charge in [0.2, 0.25) is 10.0 Å². The van der Waals surface area contributed by atoms with E-state index in [-0.39, 0.29) is 11.8 Å². The lowest BCUT2D eigenvalue weighted by Crippen LogP contribution is -2.48. The quantitative estimate of drug-likeness (QED) is 0.710. The fourth-order valence-corrected chi connectivity index (χ4v) is 5.30. The van der Waals surface area contributed by atoms with E-state index in [1.165, 1.54) is 12.1 Å². The highest BCUT2D eigenvalue weighted by Crippen LogP contribution is 2.21. The molecule has 8 heteroatoms. The fourth-order valence-electron chi connectivity index (χ4n) is 3.51. The van der Waals surface area contributed by atoms with E-state index in [0.717, 1.165) is 13.1 Å². The normalized spacial score (nSPS) is 20.5. The smallest absolute Gasteiger partial charge is 0.218 e. The first-order valence-corrected chi connectivity index (χ1v) is 10.8. The summed E-state index contributed by atoms with van der Waals surface area (Å²) in [5, 5.41) is 0. The molecule has 1 aromatic rings. The number of nitrogens with zero attached hydrogens (tertiary/aromatic N) is 2. The van der Waals surface area contributed by atoms with Crippen molar-refractivity contribution >= 4 is 10.0 Å². The molecule has 2 fully saturated rings. The van der Waals surface area contributed by atoms with Gasteiger partial charge in [0.05, 0.1) is 19.0 Å². The zero-order chi connectivity index (χ0) is 18.4. The average molecular weight is 386 g/mol. The Hall–Kier alpha value is -1.06. The van der Waals surface area contributed by atoms with E-state index in [4.69, 9.17) is 9.47 Å². The number of ether oxygens (including phenoxy) is 2. The van der Waals surface area contributed by atoms with Crippen LogP contribution in [-0.4, -0.2) is 76.3 Å². The Balaban J connectivity index is 1.71. The lowest BCUT2D eigenvalue weighted by atomic mass is 10.1. The van der Waals surface area contributed by atoms with Crippen LogP contribution >= 0.6 is 0 Å². The third-order valence-electron chi connectivity index (χ3n) is 4.93. The van der Waals surface area contributed by atoms with E-state index in [9.17, 15) is 12.8 Å². The van der Waals surface area contributed by atoms with Crippen molar-refractivity contribution in [3.63, 3.8) is 0 Å². The summed E-state index contributed by atoms with van der Waals surface area (Å²) in [6.45, 7) is 5.31. The molecule has 0 saturated carbocycles. The molecule has 0 amide bonds. The van der Waals surface area contributed by atoms with E-state index in [2.05, 4.69) is 4.90 Å². The molecule has 0 N–H and O–H groups in total. The van der Waals surface area contributed by atoms with Crippen LogP contribution in [-0.2, 0) is 25.2 Å². The van der Waals surface area contributed by atoms with Gasteiger partial charge in [-0.15, -0.1) is 0 Å². The molecule has 0 atom stereocenters. The number of morpholine rings is 1. The molecule has 0 unspecified atom stereocenters. The van der Waals surface area contributed by atoms with Crippen LogP contribution in [0.15, 0.2) is 24.3 Å². The van der Waals surface area contributed by atoms with Gasteiger partial charge in [-0.1, -0.05) is 12.1 Å². The number of hydrogen-bond donors (Lipinski definition) is 0. The van der Waals surface area contributed by atoms with Gasteiger partial charge in [0.15, 0.2) is 0 Å². The van der Waals surface area contributed by atoms with E-state index in [0.29, 0.717) is 57.9 Å². The van der Waals surface area contributed by atoms with Crippen molar-refractivity contribution in [2.45, 2.75) is 24.6 Å². The van der Waals surface area contributed by atoms with Crippen LogP contribution in [0.5, 0.6) is 0 Å². The lowest BCUT2D eigenvalue weighted by Gasteiger charge is -2.35. The third-order valence-corrected chi connectivity index (χ3v) is 6.83. The highest BCUT2D eigenvalue weighted by Gasteiger charge is 2.31. The zero-order valence-electron chi connectivity index (χ0n) is 15.0. The van der Waals surface area contributed by atoms with Gasteiger partial charge in [-0.05, 0) is 30.5 Å². The standard InChI is InChI=1S/C18H27FN2O4S/c19-17-3-1-2-16(14-17)15-26(22,23)21(18-4-10-24-11-5-18)7-6-20-8-12-25-13-9-20/h1-3,14,18H,4-13,15H2. The van der Waals surface area contributed by atoms with Crippen molar-refractivity contribution in [1.82, 2.24) is 9.21 Å². The maximum absolute atomic E-state index is 13.4. The molecule has 146 valence electrons. The van der Waals surface area contributed by atoms with Crippen molar-refractivity contribution < 1.29 is 22.3 Å². The number of rotatable bonds is 7. The molecular formula is C18H27FN2O4S. The van der Waals surface area contributed by atoms with E-state index >= 15 is 0 Å². The first-order chi connectivity index (χ1) is 12.5. The van der Waals surface area contributed by atoms with E-state index in [1.807, 2.05) is 0 Å². The Labute approximate surface area is 154 Å². The van der Waals surface area contributed by atoms with Gasteiger partial charge in [-0.3, -0.25) is 4.90 Å². The molecule has 3 rings (SSSR count). The van der Waals surface area contributed by atoms with Gasteiger partial charge >= 0.3 is 0 Å². The molecule has 2 aliphatic heterocycles. The molecule has 1 aromatic carbocycles. The van der Waals surface area contributed by atoms with Crippen LogP contribution in [0.4, 0.5) is 4.39 Å². The summed E-state index contributed by atoms with van der Waals surface area (Å²) >= 11 is 0. The number of hydrogen-bond acceptors (Lipinski definition) is 5. The van der Waals surface area contributed by atoms with Crippen LogP contribution < -0.4 is 0 Å². The van der Waals surface area contributed by atoms with Crippen LogP contribution in [0.2, 0.25) is 0 Å². The summed E-state index contributed by atoms with van der Waals surface area (Å²) < 4.78 is 52.0. The molecule has 0 bridgehead atoms. The van der Waals surface area contributed by atoms with Gasteiger partial charge < -0.3 is 9.47 Å². The summed E-state index contributed by atoms with van der Waals surface area (Å²) in [6, 6.07) is 5.77. The minimum absolute atomic E-state index is 0.0525. The molecule has 2 aliphatic rings. The average Bonchev–Trinajstić information content (AvgIpc) is 2.63. The summed E-state index contributed by atoms with van der Waals surface area (Å²) in [5.74, 6) is -0.589. The van der Waals surface area contributed by atoms with E-state index < -0.39 is 15.8 Å². The monoisotopic (exact) mass is 386 g/mol. The van der Waals surface area contributed by atoms with Crippen molar-refractivity contribution in [3.05, 3.63) is 35.6 Å². The van der Waals surface area contributed by atoms with E-state index in [1.54, 1.807) is 16.4 Å². The van der Waals surface area contributed by atoms with Crippen LogP contribution in [0.3, 0.4) is 0 Å². The van der Waals surface area contributed by atoms with Crippen LogP contribution in [0.25, 0.3) is 0 Å². The summed E-state index contributed by atoms with van der Waals surface area (Å²) in [4.78, 5) is 2.23. The molecule has 0 spiro atoms. The van der Waals surface area contributed by atoms with Gasteiger partial charge in [0, 0.05) is 45.4 Å². The zero-order valence-corrected chi connectivity index (χ0v) is 15.8. The number of benzene rings is 1. The minimum Gasteiger partial charge on any atom is -0.381 e. The van der Waals surface area contributed by atoms with Gasteiger partial charge in [0.25, 0.3) is 0 Å². The predicted octanol–water partition coefficient (Wildman–Crippen LogP) is 1.47. The molecule has 2 heterocycles. The third kappa shape index (κ3) is 5.47. The highest BCUT2D eigenvalue weighted by atomic mass is 32.2. The first-order valence-electron chi connectivity index (χ1n) is 9.16. The van der Waals surface area contributed by atoms with Crippen molar-refractivity contribution in [2.75, 3.05) is 52.6 Å². The second kappa shape index (κ2) is 9.23. The molecule has 2 saturated heterocycles. The lowest BCUT2D eigenvalue weighted by molar-refractivity contribution is 0.0291. The van der Waals surface area contributed by atoms with Crippen LogP contribution in [0.1, 0.15) is 18.4 Å². The van der Waals surface area contributed by atoms with Gasteiger partial charge in [-0.25, -0.2) is 12.8 Å². The Kier molecular flexibility index (Phi) is 6.99. The molecular weight excluding hydrogens is 359 g/mol. The van der Waals surface area contributed by atoms with Gasteiger partial charge in [-0.2, -0.15) is 4.31 Å². The fraction of sp³-hybridized carbons (Fsp3) is 0.667. The van der Waals surface area contributed by atoms with Crippen LogP contribution in [0, 0.1) is 5.82 Å². The Morgan fingerprint density at radius 2 is 1.81 bits per heavy atom. The SMILES string of the molecule is O=S(=O)(Cc1cccc(F)c1)N(CCN1CCOCC1)C1CCOCC1. The minimum atomic E-state index is -3.54. The second-order valence-corrected chi connectivity index (χ2v) is 8.72. The van der Waals surface area contributed by atoms with Gasteiger partial charge in [0.1, 0.15) is 5.82 Å². The second-order valence-electron chi connectivity index (χ2n) is 6.79. The number of halogens is 1. The summed E-state index contributed by atoms with van der Waals surface area (Å²) in [5.41, 5.74) is 0.480. The summed E-state index contributed by atoms with van der Waals surface area (Å²) in [6.07, 6.45) is 1.40. The van der Waals surface area contributed by atoms with Crippen molar-refractivity contribution in [2.24, 2.45) is 0 Å². The molecule has 0 aromatic heterocycles. The predicted molar refractivity (Wildman–Crippen MR) is 96.8 cm³/mol. The largest absolute Gasteiger partial charge is 0.381 e. The molecule has 6 nitrogen and oxygen atoms in total. The summed E-state index contributed by atoms with van der Waals surface area (Å²) in [7, 11) is -3.54. The topological polar surface area (TPSA) is 59.1 Å². The Morgan fingerprint density at radius 1 is 1.12 bits per heavy atom. The molecule has 26 heavy (non-hydrogen) atoms. The van der Waals surface area contributed by atoms with Crippen molar-refractivity contribution in [1.29, 1.82) is 0 Å². The molecule has 0 aliphatic carbocycles. The number of sulfonamides is 1. The Bertz CT molecular complexity index is 674.